The molecule has 0 spiro atoms. The Bertz CT molecular complexity index is 1410. The zero-order chi connectivity index (χ0) is 24.8. The van der Waals surface area contributed by atoms with Gasteiger partial charge in [-0.25, -0.2) is 23.1 Å². The average molecular weight is 495 g/mol. The molecule has 6 rings (SSSR count). The van der Waals surface area contributed by atoms with E-state index in [-0.39, 0.29) is 5.56 Å². The molecule has 4 aromatic rings. The van der Waals surface area contributed by atoms with Crippen molar-refractivity contribution in [2.75, 3.05) is 26.2 Å². The summed E-state index contributed by atoms with van der Waals surface area (Å²) in [6, 6.07) is 4.63. The second kappa shape index (κ2) is 9.01. The van der Waals surface area contributed by atoms with Crippen LogP contribution in [0.5, 0.6) is 0 Å². The zero-order valence-corrected chi connectivity index (χ0v) is 19.1. The monoisotopic (exact) mass is 495 g/mol. The van der Waals surface area contributed by atoms with Crippen molar-refractivity contribution < 1.29 is 18.0 Å². The highest BCUT2D eigenvalue weighted by atomic mass is 19.3. The minimum atomic E-state index is -3.07. The van der Waals surface area contributed by atoms with Gasteiger partial charge >= 0.3 is 0 Å². The molecular formula is C24H22F3N8O. The van der Waals surface area contributed by atoms with E-state index in [1.165, 1.54) is 17.3 Å². The number of aromatic nitrogens is 6. The van der Waals surface area contributed by atoms with Crippen LogP contribution < -0.4 is 0 Å². The first-order valence-electron chi connectivity index (χ1n) is 11.6. The number of H-pyrrole nitrogens is 1. The van der Waals surface area contributed by atoms with E-state index in [1.54, 1.807) is 6.20 Å². The highest BCUT2D eigenvalue weighted by molar-refractivity contribution is 5.94. The van der Waals surface area contributed by atoms with Crippen molar-refractivity contribution in [3.63, 3.8) is 0 Å². The van der Waals surface area contributed by atoms with Gasteiger partial charge in [-0.3, -0.25) is 19.4 Å². The number of fused-ring (bicyclic) bond motifs is 1. The maximum atomic E-state index is 14.4. The van der Waals surface area contributed by atoms with E-state index in [2.05, 4.69) is 29.9 Å². The summed E-state index contributed by atoms with van der Waals surface area (Å²) >= 11 is 0. The first-order chi connectivity index (χ1) is 17.5. The summed E-state index contributed by atoms with van der Waals surface area (Å²) in [4.78, 5) is 31.7. The molecule has 1 amide bonds. The first-order valence-corrected chi connectivity index (χ1v) is 11.6. The lowest BCUT2D eigenvalue weighted by atomic mass is 9.85. The molecular weight excluding hydrogens is 473 g/mol. The van der Waals surface area contributed by atoms with Crippen LogP contribution >= 0.6 is 0 Å². The number of carbonyl (C=O) groups is 1. The van der Waals surface area contributed by atoms with Gasteiger partial charge < -0.3 is 9.88 Å². The number of piperazine rings is 1. The molecule has 1 aliphatic heterocycles. The minimum absolute atomic E-state index is 0.337. The lowest BCUT2D eigenvalue weighted by Crippen LogP contribution is -2.55. The van der Waals surface area contributed by atoms with Gasteiger partial charge in [0.05, 0.1) is 23.5 Å². The zero-order valence-electron chi connectivity index (χ0n) is 19.1. The van der Waals surface area contributed by atoms with Crippen LogP contribution in [-0.2, 0) is 0 Å². The third-order valence-electron chi connectivity index (χ3n) is 6.95. The standard InChI is InChI=1S/C24H22F3N8O/c25-19-17(1-3-28-21(19)22(26)27)24(36)34-7-5-33(6-8-34)15-9-16(10-15)35-12-14(11-32-35)20-18-2-4-29-23(18)31-13-30-20/h1-4,11-13,15,22H,5-10H2,(H,29,30,31). The lowest BCUT2D eigenvalue weighted by molar-refractivity contribution is 0.0466. The molecule has 9 nitrogen and oxygen atoms in total. The van der Waals surface area contributed by atoms with Crippen LogP contribution in [0.2, 0.25) is 0 Å². The van der Waals surface area contributed by atoms with Gasteiger partial charge in [0.25, 0.3) is 12.3 Å². The second-order valence-corrected chi connectivity index (χ2v) is 8.95. The Morgan fingerprint density at radius 1 is 1.08 bits per heavy atom. The van der Waals surface area contributed by atoms with Gasteiger partial charge in [-0.05, 0) is 25.0 Å². The van der Waals surface area contributed by atoms with Gasteiger partial charge in [0.1, 0.15) is 17.7 Å². The lowest BCUT2D eigenvalue weighted by Gasteiger charge is -2.45. The van der Waals surface area contributed by atoms with Crippen LogP contribution in [0.25, 0.3) is 22.3 Å². The van der Waals surface area contributed by atoms with E-state index in [0.717, 1.165) is 47.4 Å². The second-order valence-electron chi connectivity index (χ2n) is 8.95. The number of aromatic amines is 1. The summed E-state index contributed by atoms with van der Waals surface area (Å²) in [5.41, 5.74) is 1.18. The molecule has 0 aromatic carbocycles. The Morgan fingerprint density at radius 2 is 1.89 bits per heavy atom. The van der Waals surface area contributed by atoms with Crippen molar-refractivity contribution in [1.29, 1.82) is 0 Å². The minimum Gasteiger partial charge on any atom is -0.346 e. The number of nitrogens with zero attached hydrogens (tertiary/aromatic N) is 7. The molecule has 2 fully saturated rings. The van der Waals surface area contributed by atoms with E-state index in [9.17, 15) is 18.0 Å². The first kappa shape index (κ1) is 22.7. The van der Waals surface area contributed by atoms with Crippen LogP contribution in [0.4, 0.5) is 13.2 Å². The predicted molar refractivity (Wildman–Crippen MR) is 123 cm³/mol. The SMILES string of the molecule is O=C(c1ccnc(C(F)F)c1F)N1CCN(C2C[C](n3cc(-c4ncnc5[nH]ccc45)cn3)C2)CC1. The van der Waals surface area contributed by atoms with Crippen molar-refractivity contribution in [1.82, 2.24) is 39.5 Å². The fourth-order valence-electron chi connectivity index (χ4n) is 4.89. The number of hydrogen-bond donors (Lipinski definition) is 1. The molecule has 4 aromatic heterocycles. The smallest absolute Gasteiger partial charge is 0.283 e. The summed E-state index contributed by atoms with van der Waals surface area (Å²) in [7, 11) is 0. The third kappa shape index (κ3) is 3.91. The molecule has 0 atom stereocenters. The number of rotatable bonds is 5. The van der Waals surface area contributed by atoms with Crippen molar-refractivity contribution in [3.8, 4) is 11.3 Å². The van der Waals surface area contributed by atoms with E-state index in [4.69, 9.17) is 0 Å². The summed E-state index contributed by atoms with van der Waals surface area (Å²) in [5, 5.41) is 5.47. The summed E-state index contributed by atoms with van der Waals surface area (Å²) < 4.78 is 42.1. The van der Waals surface area contributed by atoms with Crippen molar-refractivity contribution in [2.45, 2.75) is 25.3 Å². The van der Waals surface area contributed by atoms with Gasteiger partial charge in [0, 0.05) is 61.8 Å². The molecule has 2 aliphatic rings. The molecule has 0 unspecified atom stereocenters. The Hall–Kier alpha value is -3.80. The van der Waals surface area contributed by atoms with Crippen LogP contribution in [0.15, 0.2) is 43.2 Å². The molecule has 5 heterocycles. The Labute approximate surface area is 204 Å². The fourth-order valence-corrected chi connectivity index (χ4v) is 4.89. The highest BCUT2D eigenvalue weighted by Gasteiger charge is 2.38. The van der Waals surface area contributed by atoms with Crippen molar-refractivity contribution in [2.24, 2.45) is 0 Å². The molecule has 185 valence electrons. The van der Waals surface area contributed by atoms with E-state index in [0.29, 0.717) is 32.2 Å². The van der Waals surface area contributed by atoms with Crippen molar-refractivity contribution >= 4 is 16.9 Å². The number of halogens is 3. The number of nitrogens with one attached hydrogen (secondary N) is 1. The summed E-state index contributed by atoms with van der Waals surface area (Å²) in [5.74, 6) is -1.82. The van der Waals surface area contributed by atoms with Crippen LogP contribution in [0, 0.1) is 11.9 Å². The predicted octanol–water partition coefficient (Wildman–Crippen LogP) is 3.29. The number of hydrogen-bond acceptors (Lipinski definition) is 6. The van der Waals surface area contributed by atoms with Gasteiger partial charge in [0.2, 0.25) is 0 Å². The van der Waals surface area contributed by atoms with Gasteiger partial charge in [-0.15, -0.1) is 0 Å². The maximum Gasteiger partial charge on any atom is 0.283 e. The van der Waals surface area contributed by atoms with E-state index in [1.807, 2.05) is 23.1 Å². The topological polar surface area (TPSA) is 95.8 Å². The maximum absolute atomic E-state index is 14.4. The molecule has 1 N–H and O–H groups in total. The Balaban J connectivity index is 1.05. The molecule has 1 saturated heterocycles. The number of alkyl halides is 2. The summed E-state index contributed by atoms with van der Waals surface area (Å²) in [6.45, 7) is 2.08. The van der Waals surface area contributed by atoms with Crippen LogP contribution in [0.3, 0.4) is 0 Å². The number of pyridine rings is 1. The van der Waals surface area contributed by atoms with E-state index < -0.39 is 23.8 Å². The largest absolute Gasteiger partial charge is 0.346 e. The third-order valence-corrected chi connectivity index (χ3v) is 6.95. The van der Waals surface area contributed by atoms with Crippen LogP contribution in [-0.4, -0.2) is 77.6 Å². The molecule has 1 radical (unpaired) electrons. The van der Waals surface area contributed by atoms with Crippen molar-refractivity contribution in [3.05, 3.63) is 66.4 Å². The Morgan fingerprint density at radius 3 is 2.67 bits per heavy atom. The van der Waals surface area contributed by atoms with Crippen LogP contribution in [0.1, 0.15) is 35.3 Å². The quantitative estimate of drug-likeness (QED) is 0.457. The van der Waals surface area contributed by atoms with Gasteiger partial charge in [0.15, 0.2) is 5.82 Å². The van der Waals surface area contributed by atoms with E-state index >= 15 is 0 Å². The normalized spacial score (nSPS) is 17.7. The Kier molecular flexibility index (Phi) is 5.67. The van der Waals surface area contributed by atoms with Gasteiger partial charge in [-0.2, -0.15) is 5.10 Å². The molecule has 1 saturated carbocycles. The number of amides is 1. The number of carbonyl (C=O) groups excluding carboxylic acids is 1. The average Bonchev–Trinajstić information content (AvgIpc) is 3.53. The molecule has 12 heteroatoms. The highest BCUT2D eigenvalue weighted by Crippen LogP contribution is 2.36. The fraction of sp³-hybridized carbons (Fsp3) is 0.333. The molecule has 1 aliphatic carbocycles. The molecule has 0 bridgehead atoms. The summed E-state index contributed by atoms with van der Waals surface area (Å²) in [6.07, 6.45) is 6.84. The molecule has 36 heavy (non-hydrogen) atoms. The van der Waals surface area contributed by atoms with Gasteiger partial charge in [-0.1, -0.05) is 0 Å².